The number of nitrogens with one attached hydrogen (secondary N) is 1. The zero-order valence-electron chi connectivity index (χ0n) is 14.6. The van der Waals surface area contributed by atoms with Gasteiger partial charge in [0.25, 0.3) is 0 Å². The Bertz CT molecular complexity index is 565. The van der Waals surface area contributed by atoms with E-state index in [1.165, 1.54) is 0 Å². The van der Waals surface area contributed by atoms with Crippen LogP contribution in [0.5, 0.6) is 0 Å². The second-order valence-corrected chi connectivity index (χ2v) is 7.31. The number of rotatable bonds is 3. The predicted octanol–water partition coefficient (Wildman–Crippen LogP) is 2.89. The van der Waals surface area contributed by atoms with Crippen molar-refractivity contribution in [3.05, 3.63) is 23.8 Å². The summed E-state index contributed by atoms with van der Waals surface area (Å²) >= 11 is 0. The topological polar surface area (TPSA) is 47.6 Å². The molecule has 1 aliphatic rings. The molecule has 22 heavy (non-hydrogen) atoms. The van der Waals surface area contributed by atoms with Gasteiger partial charge in [-0.15, -0.1) is 0 Å². The van der Waals surface area contributed by atoms with Crippen LogP contribution in [0.4, 0.5) is 5.69 Å². The van der Waals surface area contributed by atoms with Crippen LogP contribution >= 0.6 is 0 Å². The maximum atomic E-state index is 11.9. The summed E-state index contributed by atoms with van der Waals surface area (Å²) in [7, 11) is -0.416. The van der Waals surface area contributed by atoms with E-state index in [0.717, 1.165) is 16.7 Å². The maximum absolute atomic E-state index is 11.9. The van der Waals surface area contributed by atoms with E-state index in [0.29, 0.717) is 0 Å². The van der Waals surface area contributed by atoms with Crippen LogP contribution in [0, 0.1) is 12.8 Å². The molecule has 0 spiro atoms. The molecule has 0 bridgehead atoms. The van der Waals surface area contributed by atoms with Crippen LogP contribution < -0.4 is 10.8 Å². The van der Waals surface area contributed by atoms with Crippen molar-refractivity contribution in [2.45, 2.75) is 59.7 Å². The second kappa shape index (κ2) is 5.71. The van der Waals surface area contributed by atoms with Crippen LogP contribution in [0.15, 0.2) is 18.2 Å². The van der Waals surface area contributed by atoms with Crippen LogP contribution in [0.2, 0.25) is 0 Å². The van der Waals surface area contributed by atoms with Gasteiger partial charge in [-0.2, -0.15) is 0 Å². The Hall–Kier alpha value is -1.33. The van der Waals surface area contributed by atoms with Crippen molar-refractivity contribution in [3.63, 3.8) is 0 Å². The fraction of sp³-hybridized carbons (Fsp3) is 0.588. The molecule has 5 heteroatoms. The molecular formula is C17H26BNO3. The largest absolute Gasteiger partial charge is 0.494 e. The van der Waals surface area contributed by atoms with Crippen LogP contribution in [0.1, 0.15) is 47.1 Å². The SMILES string of the molecule is Cc1ccc(B2OC(C)(C)C(C)(C)O2)cc1NC(=O)C(C)C. The second-order valence-electron chi connectivity index (χ2n) is 7.31. The van der Waals surface area contributed by atoms with E-state index >= 15 is 0 Å². The monoisotopic (exact) mass is 303 g/mol. The van der Waals surface area contributed by atoms with Gasteiger partial charge < -0.3 is 14.6 Å². The third-order valence-electron chi connectivity index (χ3n) is 4.57. The summed E-state index contributed by atoms with van der Waals surface area (Å²) in [4.78, 5) is 11.9. The van der Waals surface area contributed by atoms with E-state index in [2.05, 4.69) is 5.32 Å². The van der Waals surface area contributed by atoms with Crippen molar-refractivity contribution in [3.8, 4) is 0 Å². The summed E-state index contributed by atoms with van der Waals surface area (Å²) in [5.74, 6) is -0.0472. The van der Waals surface area contributed by atoms with E-state index in [9.17, 15) is 4.79 Å². The first-order valence-electron chi connectivity index (χ1n) is 7.80. The number of hydrogen-bond donors (Lipinski definition) is 1. The molecule has 120 valence electrons. The maximum Gasteiger partial charge on any atom is 0.494 e. The molecule has 2 rings (SSSR count). The Morgan fingerprint density at radius 2 is 1.68 bits per heavy atom. The van der Waals surface area contributed by atoms with Gasteiger partial charge in [-0.05, 0) is 51.7 Å². The minimum absolute atomic E-state index is 0.00849. The molecule has 1 saturated heterocycles. The van der Waals surface area contributed by atoms with Gasteiger partial charge in [0.15, 0.2) is 0 Å². The van der Waals surface area contributed by atoms with Crippen molar-refractivity contribution in [1.29, 1.82) is 0 Å². The molecule has 1 aromatic rings. The summed E-state index contributed by atoms with van der Waals surface area (Å²) < 4.78 is 12.1. The normalized spacial score (nSPS) is 19.5. The van der Waals surface area contributed by atoms with Gasteiger partial charge in [0.1, 0.15) is 0 Å². The fourth-order valence-corrected chi connectivity index (χ4v) is 2.18. The van der Waals surface area contributed by atoms with Crippen molar-refractivity contribution in [1.82, 2.24) is 0 Å². The smallest absolute Gasteiger partial charge is 0.399 e. The van der Waals surface area contributed by atoms with Crippen molar-refractivity contribution < 1.29 is 14.1 Å². The Balaban J connectivity index is 2.26. The molecule has 0 aliphatic carbocycles. The average molecular weight is 303 g/mol. The summed E-state index contributed by atoms with van der Waals surface area (Å²) in [6.45, 7) is 13.9. The van der Waals surface area contributed by atoms with Gasteiger partial charge in [0, 0.05) is 11.6 Å². The number of amides is 1. The molecule has 1 aliphatic heterocycles. The number of aryl methyl sites for hydroxylation is 1. The summed E-state index contributed by atoms with van der Waals surface area (Å²) in [6, 6.07) is 5.91. The average Bonchev–Trinajstić information content (AvgIpc) is 2.60. The molecule has 0 aromatic heterocycles. The lowest BCUT2D eigenvalue weighted by atomic mass is 9.78. The van der Waals surface area contributed by atoms with Gasteiger partial charge in [-0.3, -0.25) is 4.79 Å². The zero-order valence-corrected chi connectivity index (χ0v) is 14.6. The number of carbonyl (C=O) groups is 1. The van der Waals surface area contributed by atoms with Crippen LogP contribution in [-0.4, -0.2) is 24.2 Å². The van der Waals surface area contributed by atoms with E-state index in [1.807, 2.05) is 66.7 Å². The lowest BCUT2D eigenvalue weighted by molar-refractivity contribution is -0.118. The highest BCUT2D eigenvalue weighted by molar-refractivity contribution is 6.62. The number of carbonyl (C=O) groups excluding carboxylic acids is 1. The predicted molar refractivity (Wildman–Crippen MR) is 90.4 cm³/mol. The first kappa shape index (κ1) is 17.0. The standard InChI is InChI=1S/C17H26BNO3/c1-11(2)15(20)19-14-10-13(9-8-12(14)3)18-21-16(4,5)17(6,7)22-18/h8-11H,1-7H3,(H,19,20). The van der Waals surface area contributed by atoms with E-state index < -0.39 is 7.12 Å². The summed E-state index contributed by atoms with van der Waals surface area (Å²) in [5.41, 5.74) is 2.01. The number of anilines is 1. The Labute approximate surface area is 133 Å². The van der Waals surface area contributed by atoms with Gasteiger partial charge in [-0.1, -0.05) is 26.0 Å². The van der Waals surface area contributed by atoms with E-state index in [1.54, 1.807) is 0 Å². The molecule has 1 amide bonds. The van der Waals surface area contributed by atoms with Crippen LogP contribution in [0.3, 0.4) is 0 Å². The van der Waals surface area contributed by atoms with Crippen molar-refractivity contribution in [2.24, 2.45) is 5.92 Å². The number of hydrogen-bond acceptors (Lipinski definition) is 3. The molecule has 1 aromatic carbocycles. The van der Waals surface area contributed by atoms with Gasteiger partial charge in [0.05, 0.1) is 11.2 Å². The Morgan fingerprint density at radius 3 is 2.18 bits per heavy atom. The molecule has 0 unspecified atom stereocenters. The molecule has 0 saturated carbocycles. The molecule has 0 radical (unpaired) electrons. The highest BCUT2D eigenvalue weighted by Gasteiger charge is 2.51. The fourth-order valence-electron chi connectivity index (χ4n) is 2.18. The summed E-state index contributed by atoms with van der Waals surface area (Å²) in [5, 5.41) is 2.96. The first-order valence-corrected chi connectivity index (χ1v) is 7.80. The van der Waals surface area contributed by atoms with Crippen molar-refractivity contribution >= 4 is 24.2 Å². The first-order chi connectivity index (χ1) is 10.0. The zero-order chi connectivity index (χ0) is 16.7. The molecule has 1 N–H and O–H groups in total. The van der Waals surface area contributed by atoms with Gasteiger partial charge in [-0.25, -0.2) is 0 Å². The van der Waals surface area contributed by atoms with Gasteiger partial charge >= 0.3 is 7.12 Å². The molecule has 1 heterocycles. The Kier molecular flexibility index (Phi) is 4.42. The lowest BCUT2D eigenvalue weighted by Gasteiger charge is -2.32. The van der Waals surface area contributed by atoms with Crippen molar-refractivity contribution in [2.75, 3.05) is 5.32 Å². The van der Waals surface area contributed by atoms with E-state index in [-0.39, 0.29) is 23.0 Å². The third-order valence-corrected chi connectivity index (χ3v) is 4.57. The van der Waals surface area contributed by atoms with E-state index in [4.69, 9.17) is 9.31 Å². The lowest BCUT2D eigenvalue weighted by Crippen LogP contribution is -2.41. The molecule has 1 fully saturated rings. The minimum atomic E-state index is -0.416. The van der Waals surface area contributed by atoms with Gasteiger partial charge in [0.2, 0.25) is 5.91 Å². The molecular weight excluding hydrogens is 277 g/mol. The van der Waals surface area contributed by atoms with Crippen LogP contribution in [0.25, 0.3) is 0 Å². The Morgan fingerprint density at radius 1 is 1.14 bits per heavy atom. The highest BCUT2D eigenvalue weighted by atomic mass is 16.7. The highest BCUT2D eigenvalue weighted by Crippen LogP contribution is 2.36. The molecule has 4 nitrogen and oxygen atoms in total. The minimum Gasteiger partial charge on any atom is -0.399 e. The summed E-state index contributed by atoms with van der Waals surface area (Å²) in [6.07, 6.45) is 0. The molecule has 0 atom stereocenters. The van der Waals surface area contributed by atoms with Crippen LogP contribution in [-0.2, 0) is 14.1 Å². The quantitative estimate of drug-likeness (QED) is 0.873. The number of benzene rings is 1. The third kappa shape index (κ3) is 3.20.